The molecule has 0 spiro atoms. The molecule has 3 rings (SSSR count). The standard InChI is InChI=1S/C29H36O4/c1-4-22(12-13-30)24-9-11-28(20(3)14-24)29-16-27(10-8-23(29)5-2)33-19-21-6-7-25(17-31)26(15-21)18-32/h6-11,14-16,22,30-32H,4-5,12-13,17-19H2,1-3H3. The van der Waals surface area contributed by atoms with Gasteiger partial charge in [-0.05, 0) is 94.8 Å². The molecule has 4 nitrogen and oxygen atoms in total. The lowest BCUT2D eigenvalue weighted by molar-refractivity contribution is 0.259. The lowest BCUT2D eigenvalue weighted by Gasteiger charge is -2.18. The van der Waals surface area contributed by atoms with Crippen LogP contribution in [0.3, 0.4) is 0 Å². The molecule has 0 aromatic heterocycles. The van der Waals surface area contributed by atoms with Gasteiger partial charge in [0.1, 0.15) is 12.4 Å². The van der Waals surface area contributed by atoms with Crippen LogP contribution in [0.1, 0.15) is 66.0 Å². The molecule has 0 fully saturated rings. The van der Waals surface area contributed by atoms with Crippen LogP contribution in [0.25, 0.3) is 11.1 Å². The molecule has 0 aliphatic carbocycles. The highest BCUT2D eigenvalue weighted by Gasteiger charge is 2.13. The van der Waals surface area contributed by atoms with Gasteiger partial charge in [-0.25, -0.2) is 0 Å². The molecule has 0 amide bonds. The SMILES string of the molecule is CCc1ccc(OCc2ccc(CO)c(CO)c2)cc1-c1ccc(C(CC)CCO)cc1C. The molecule has 3 aromatic carbocycles. The van der Waals surface area contributed by atoms with Gasteiger partial charge in [-0.15, -0.1) is 0 Å². The van der Waals surface area contributed by atoms with Crippen molar-refractivity contribution >= 4 is 0 Å². The maximum atomic E-state index is 9.54. The number of hydrogen-bond acceptors (Lipinski definition) is 4. The molecule has 3 aromatic rings. The Balaban J connectivity index is 1.85. The Kier molecular flexibility index (Phi) is 9.07. The zero-order valence-electron chi connectivity index (χ0n) is 20.0. The molecule has 0 radical (unpaired) electrons. The average molecular weight is 449 g/mol. The van der Waals surface area contributed by atoms with Crippen LogP contribution >= 0.6 is 0 Å². The van der Waals surface area contributed by atoms with Gasteiger partial charge in [-0.1, -0.05) is 50.2 Å². The minimum Gasteiger partial charge on any atom is -0.489 e. The third-order valence-corrected chi connectivity index (χ3v) is 6.46. The molecule has 3 N–H and O–H groups in total. The lowest BCUT2D eigenvalue weighted by Crippen LogP contribution is -2.02. The summed E-state index contributed by atoms with van der Waals surface area (Å²) in [6, 6.07) is 18.5. The van der Waals surface area contributed by atoms with Gasteiger partial charge < -0.3 is 20.1 Å². The summed E-state index contributed by atoms with van der Waals surface area (Å²) in [5, 5.41) is 28.3. The Hall–Kier alpha value is -2.66. The number of hydrogen-bond donors (Lipinski definition) is 3. The van der Waals surface area contributed by atoms with Crippen molar-refractivity contribution < 1.29 is 20.1 Å². The summed E-state index contributed by atoms with van der Waals surface area (Å²) in [6.45, 7) is 6.89. The summed E-state index contributed by atoms with van der Waals surface area (Å²) in [4.78, 5) is 0. The first-order valence-electron chi connectivity index (χ1n) is 11.8. The van der Waals surface area contributed by atoms with E-state index in [1.165, 1.54) is 27.8 Å². The number of rotatable bonds is 11. The van der Waals surface area contributed by atoms with E-state index in [0.29, 0.717) is 12.5 Å². The molecule has 0 saturated carbocycles. The van der Waals surface area contributed by atoms with E-state index in [-0.39, 0.29) is 19.8 Å². The van der Waals surface area contributed by atoms with E-state index in [1.54, 1.807) is 0 Å². The molecular weight excluding hydrogens is 412 g/mol. The van der Waals surface area contributed by atoms with Crippen molar-refractivity contribution in [1.82, 2.24) is 0 Å². The van der Waals surface area contributed by atoms with Gasteiger partial charge in [0.2, 0.25) is 0 Å². The first-order valence-corrected chi connectivity index (χ1v) is 11.8. The second kappa shape index (κ2) is 12.0. The van der Waals surface area contributed by atoms with Gasteiger partial charge in [-0.2, -0.15) is 0 Å². The summed E-state index contributed by atoms with van der Waals surface area (Å²) in [6.07, 6.45) is 2.73. The fraction of sp³-hybridized carbons (Fsp3) is 0.379. The summed E-state index contributed by atoms with van der Waals surface area (Å²) < 4.78 is 6.11. The van der Waals surface area contributed by atoms with E-state index in [2.05, 4.69) is 51.1 Å². The average Bonchev–Trinajstić information content (AvgIpc) is 2.85. The van der Waals surface area contributed by atoms with E-state index in [4.69, 9.17) is 4.74 Å². The van der Waals surface area contributed by atoms with Crippen LogP contribution in [0, 0.1) is 6.92 Å². The number of ether oxygens (including phenoxy) is 1. The molecule has 0 saturated heterocycles. The van der Waals surface area contributed by atoms with Crippen LogP contribution in [0.15, 0.2) is 54.6 Å². The zero-order valence-corrected chi connectivity index (χ0v) is 20.0. The van der Waals surface area contributed by atoms with Crippen molar-refractivity contribution in [1.29, 1.82) is 0 Å². The maximum Gasteiger partial charge on any atom is 0.120 e. The Bertz CT molecular complexity index is 1060. The lowest BCUT2D eigenvalue weighted by atomic mass is 9.88. The second-order valence-electron chi connectivity index (χ2n) is 8.57. The number of benzene rings is 3. The van der Waals surface area contributed by atoms with E-state index in [1.807, 2.05) is 24.3 Å². The molecular formula is C29H36O4. The number of aliphatic hydroxyl groups is 3. The van der Waals surface area contributed by atoms with Gasteiger partial charge in [0, 0.05) is 6.61 Å². The summed E-state index contributed by atoms with van der Waals surface area (Å²) >= 11 is 0. The predicted octanol–water partition coefficient (Wildman–Crippen LogP) is 5.66. The van der Waals surface area contributed by atoms with Gasteiger partial charge in [-0.3, -0.25) is 0 Å². The number of aliphatic hydroxyl groups excluding tert-OH is 3. The first kappa shape index (κ1) is 25.0. The van der Waals surface area contributed by atoms with Crippen LogP contribution in [-0.2, 0) is 26.2 Å². The van der Waals surface area contributed by atoms with Crippen LogP contribution in [0.5, 0.6) is 5.75 Å². The third kappa shape index (κ3) is 6.02. The quantitative estimate of drug-likeness (QED) is 0.354. The van der Waals surface area contributed by atoms with Crippen LogP contribution in [0.2, 0.25) is 0 Å². The highest BCUT2D eigenvalue weighted by atomic mass is 16.5. The minimum absolute atomic E-state index is 0.0873. The Morgan fingerprint density at radius 1 is 0.788 bits per heavy atom. The van der Waals surface area contributed by atoms with Crippen molar-refractivity contribution in [3.63, 3.8) is 0 Å². The Morgan fingerprint density at radius 2 is 1.55 bits per heavy atom. The Morgan fingerprint density at radius 3 is 2.18 bits per heavy atom. The van der Waals surface area contributed by atoms with E-state index in [0.717, 1.165) is 41.7 Å². The molecule has 0 bridgehead atoms. The van der Waals surface area contributed by atoms with E-state index in [9.17, 15) is 15.3 Å². The third-order valence-electron chi connectivity index (χ3n) is 6.46. The molecule has 1 unspecified atom stereocenters. The topological polar surface area (TPSA) is 69.9 Å². The monoisotopic (exact) mass is 448 g/mol. The smallest absolute Gasteiger partial charge is 0.120 e. The first-order chi connectivity index (χ1) is 16.0. The summed E-state index contributed by atoms with van der Waals surface area (Å²) in [5.41, 5.74) is 8.58. The van der Waals surface area contributed by atoms with Crippen LogP contribution in [0.4, 0.5) is 0 Å². The highest BCUT2D eigenvalue weighted by molar-refractivity contribution is 5.72. The van der Waals surface area contributed by atoms with Crippen molar-refractivity contribution in [3.8, 4) is 16.9 Å². The number of aryl methyl sites for hydroxylation is 2. The molecule has 0 aliphatic heterocycles. The Labute approximate surface area is 197 Å². The zero-order chi connectivity index (χ0) is 23.8. The van der Waals surface area contributed by atoms with Crippen molar-refractivity contribution in [3.05, 3.63) is 88.0 Å². The molecule has 33 heavy (non-hydrogen) atoms. The maximum absolute atomic E-state index is 9.54. The van der Waals surface area contributed by atoms with Crippen molar-refractivity contribution in [2.75, 3.05) is 6.61 Å². The largest absolute Gasteiger partial charge is 0.489 e. The molecule has 0 heterocycles. The fourth-order valence-corrected chi connectivity index (χ4v) is 4.45. The minimum atomic E-state index is -0.106. The normalized spacial score (nSPS) is 12.1. The fourth-order valence-electron chi connectivity index (χ4n) is 4.45. The van der Waals surface area contributed by atoms with Crippen LogP contribution in [-0.4, -0.2) is 21.9 Å². The van der Waals surface area contributed by atoms with E-state index >= 15 is 0 Å². The van der Waals surface area contributed by atoms with Gasteiger partial charge in [0.05, 0.1) is 13.2 Å². The highest BCUT2D eigenvalue weighted by Crippen LogP contribution is 2.34. The molecule has 4 heteroatoms. The van der Waals surface area contributed by atoms with E-state index < -0.39 is 0 Å². The van der Waals surface area contributed by atoms with Gasteiger partial charge >= 0.3 is 0 Å². The van der Waals surface area contributed by atoms with Crippen molar-refractivity contribution in [2.45, 2.75) is 65.8 Å². The summed E-state index contributed by atoms with van der Waals surface area (Å²) in [7, 11) is 0. The molecule has 0 aliphatic rings. The molecule has 176 valence electrons. The van der Waals surface area contributed by atoms with Crippen LogP contribution < -0.4 is 4.74 Å². The predicted molar refractivity (Wildman–Crippen MR) is 133 cm³/mol. The van der Waals surface area contributed by atoms with Gasteiger partial charge in [0.15, 0.2) is 0 Å². The second-order valence-corrected chi connectivity index (χ2v) is 8.57. The van der Waals surface area contributed by atoms with Crippen molar-refractivity contribution in [2.24, 2.45) is 0 Å². The summed E-state index contributed by atoms with van der Waals surface area (Å²) in [5.74, 6) is 1.18. The van der Waals surface area contributed by atoms with Gasteiger partial charge in [0.25, 0.3) is 0 Å². The molecule has 1 atom stereocenters.